The van der Waals surface area contributed by atoms with Gasteiger partial charge in [0.25, 0.3) is 0 Å². The molecule has 0 spiro atoms. The lowest BCUT2D eigenvalue weighted by molar-refractivity contribution is 0.0526. The molecule has 0 N–H and O–H groups in total. The van der Waals surface area contributed by atoms with E-state index in [4.69, 9.17) is 10.00 Å². The van der Waals surface area contributed by atoms with Crippen LogP contribution in [0.25, 0.3) is 0 Å². The molecule has 0 saturated carbocycles. The summed E-state index contributed by atoms with van der Waals surface area (Å²) in [5.74, 6) is -0.374. The van der Waals surface area contributed by atoms with Gasteiger partial charge in [-0.1, -0.05) is 6.92 Å². The number of ether oxygens (including phenoxy) is 1. The number of carbonyl (C=O) groups is 1. The van der Waals surface area contributed by atoms with Crippen LogP contribution in [-0.4, -0.2) is 22.4 Å². The SMILES string of the molecule is CCOC(=O)c1cnn(C(CC)CC#N)c1. The maximum absolute atomic E-state index is 11.4. The normalized spacial score (nSPS) is 11.8. The van der Waals surface area contributed by atoms with Crippen molar-refractivity contribution in [1.29, 1.82) is 5.26 Å². The predicted octanol–water partition coefficient (Wildman–Crippen LogP) is 1.92. The monoisotopic (exact) mass is 221 g/mol. The fraction of sp³-hybridized carbons (Fsp3) is 0.545. The van der Waals surface area contributed by atoms with Crippen LogP contribution < -0.4 is 0 Å². The summed E-state index contributed by atoms with van der Waals surface area (Å²) in [7, 11) is 0. The maximum Gasteiger partial charge on any atom is 0.341 e. The highest BCUT2D eigenvalue weighted by molar-refractivity contribution is 5.88. The second-order valence-corrected chi connectivity index (χ2v) is 3.35. The van der Waals surface area contributed by atoms with Gasteiger partial charge in [-0.3, -0.25) is 4.68 Å². The summed E-state index contributed by atoms with van der Waals surface area (Å²) in [5, 5.41) is 12.7. The Morgan fingerprint density at radius 1 is 1.69 bits per heavy atom. The molecule has 0 saturated heterocycles. The molecule has 0 radical (unpaired) electrons. The number of rotatable bonds is 5. The lowest BCUT2D eigenvalue weighted by Gasteiger charge is -2.10. The summed E-state index contributed by atoms with van der Waals surface area (Å²) >= 11 is 0. The maximum atomic E-state index is 11.4. The molecule has 5 nitrogen and oxygen atoms in total. The van der Waals surface area contributed by atoms with Gasteiger partial charge in [0.1, 0.15) is 0 Å². The topological polar surface area (TPSA) is 67.9 Å². The summed E-state index contributed by atoms with van der Waals surface area (Å²) in [6.07, 6.45) is 4.29. The highest BCUT2D eigenvalue weighted by Gasteiger charge is 2.13. The number of carbonyl (C=O) groups excluding carboxylic acids is 1. The number of hydrogen-bond donors (Lipinski definition) is 0. The van der Waals surface area contributed by atoms with E-state index < -0.39 is 0 Å². The van der Waals surface area contributed by atoms with Crippen molar-refractivity contribution in [1.82, 2.24) is 9.78 Å². The largest absolute Gasteiger partial charge is 0.462 e. The van der Waals surface area contributed by atoms with E-state index in [2.05, 4.69) is 11.2 Å². The van der Waals surface area contributed by atoms with Gasteiger partial charge >= 0.3 is 5.97 Å². The predicted molar refractivity (Wildman–Crippen MR) is 57.7 cm³/mol. The summed E-state index contributed by atoms with van der Waals surface area (Å²) in [4.78, 5) is 11.4. The Morgan fingerprint density at radius 3 is 3.00 bits per heavy atom. The van der Waals surface area contributed by atoms with Gasteiger partial charge in [0.2, 0.25) is 0 Å². The van der Waals surface area contributed by atoms with E-state index in [0.29, 0.717) is 18.6 Å². The average molecular weight is 221 g/mol. The molecular weight excluding hydrogens is 206 g/mol. The van der Waals surface area contributed by atoms with Crippen LogP contribution in [0.15, 0.2) is 12.4 Å². The number of nitriles is 1. The molecule has 86 valence electrons. The van der Waals surface area contributed by atoms with E-state index in [1.807, 2.05) is 6.92 Å². The van der Waals surface area contributed by atoms with Crippen molar-refractivity contribution in [3.8, 4) is 6.07 Å². The summed E-state index contributed by atoms with van der Waals surface area (Å²) in [6.45, 7) is 4.08. The zero-order valence-electron chi connectivity index (χ0n) is 9.51. The van der Waals surface area contributed by atoms with Crippen LogP contribution in [0, 0.1) is 11.3 Å². The smallest absolute Gasteiger partial charge is 0.341 e. The van der Waals surface area contributed by atoms with Crippen LogP contribution in [0.5, 0.6) is 0 Å². The van der Waals surface area contributed by atoms with E-state index in [-0.39, 0.29) is 12.0 Å². The molecule has 1 rings (SSSR count). The Labute approximate surface area is 94.6 Å². The van der Waals surface area contributed by atoms with Gasteiger partial charge in [-0.05, 0) is 13.3 Å². The minimum atomic E-state index is -0.374. The molecule has 1 aromatic heterocycles. The minimum absolute atomic E-state index is 0.0215. The summed E-state index contributed by atoms with van der Waals surface area (Å²) in [5.41, 5.74) is 0.429. The van der Waals surface area contributed by atoms with Crippen LogP contribution in [0.1, 0.15) is 43.1 Å². The Hall–Kier alpha value is -1.83. The molecule has 1 unspecified atom stereocenters. The molecule has 0 fully saturated rings. The van der Waals surface area contributed by atoms with Crippen molar-refractivity contribution in [2.75, 3.05) is 6.61 Å². The molecule has 1 heterocycles. The second-order valence-electron chi connectivity index (χ2n) is 3.35. The quantitative estimate of drug-likeness (QED) is 0.712. The number of aromatic nitrogens is 2. The Balaban J connectivity index is 2.77. The van der Waals surface area contributed by atoms with Crippen LogP contribution in [0.2, 0.25) is 0 Å². The molecular formula is C11H15N3O2. The first kappa shape index (κ1) is 12.2. The number of esters is 1. The lowest BCUT2D eigenvalue weighted by atomic mass is 10.2. The molecule has 0 aliphatic heterocycles. The van der Waals surface area contributed by atoms with Gasteiger partial charge < -0.3 is 4.74 Å². The van der Waals surface area contributed by atoms with Crippen LogP contribution >= 0.6 is 0 Å². The van der Waals surface area contributed by atoms with Gasteiger partial charge in [-0.25, -0.2) is 4.79 Å². The molecule has 0 aromatic carbocycles. The lowest BCUT2D eigenvalue weighted by Crippen LogP contribution is -2.08. The molecule has 0 aliphatic carbocycles. The zero-order valence-corrected chi connectivity index (χ0v) is 9.51. The molecule has 0 bridgehead atoms. The molecule has 0 aliphatic rings. The first-order valence-corrected chi connectivity index (χ1v) is 5.31. The molecule has 5 heteroatoms. The Bertz CT molecular complexity index is 392. The molecule has 1 aromatic rings. The highest BCUT2D eigenvalue weighted by Crippen LogP contribution is 2.15. The fourth-order valence-corrected chi connectivity index (χ4v) is 1.39. The van der Waals surface area contributed by atoms with Crippen LogP contribution in [-0.2, 0) is 4.74 Å². The van der Waals surface area contributed by atoms with Crippen molar-refractivity contribution in [2.45, 2.75) is 32.7 Å². The summed E-state index contributed by atoms with van der Waals surface area (Å²) < 4.78 is 6.51. The standard InChI is InChI=1S/C11H15N3O2/c1-3-10(5-6-12)14-8-9(7-13-14)11(15)16-4-2/h7-8,10H,3-5H2,1-2H3. The third kappa shape index (κ3) is 2.83. The summed E-state index contributed by atoms with van der Waals surface area (Å²) in [6, 6.07) is 2.13. The van der Waals surface area contributed by atoms with Gasteiger partial charge in [0.15, 0.2) is 0 Å². The van der Waals surface area contributed by atoms with Crippen molar-refractivity contribution in [3.05, 3.63) is 18.0 Å². The van der Waals surface area contributed by atoms with E-state index in [1.54, 1.807) is 17.8 Å². The molecule has 0 amide bonds. The van der Waals surface area contributed by atoms with E-state index in [9.17, 15) is 4.79 Å². The average Bonchev–Trinajstić information content (AvgIpc) is 2.75. The van der Waals surface area contributed by atoms with Gasteiger partial charge in [-0.15, -0.1) is 0 Å². The van der Waals surface area contributed by atoms with E-state index in [1.165, 1.54) is 6.20 Å². The number of hydrogen-bond acceptors (Lipinski definition) is 4. The zero-order chi connectivity index (χ0) is 12.0. The van der Waals surface area contributed by atoms with Crippen molar-refractivity contribution in [3.63, 3.8) is 0 Å². The Morgan fingerprint density at radius 2 is 2.44 bits per heavy atom. The second kappa shape index (κ2) is 5.91. The van der Waals surface area contributed by atoms with Crippen LogP contribution in [0.3, 0.4) is 0 Å². The first-order valence-electron chi connectivity index (χ1n) is 5.31. The highest BCUT2D eigenvalue weighted by atomic mass is 16.5. The first-order chi connectivity index (χ1) is 7.72. The Kier molecular flexibility index (Phi) is 4.52. The molecule has 1 atom stereocenters. The van der Waals surface area contributed by atoms with Crippen LogP contribution in [0.4, 0.5) is 0 Å². The third-order valence-corrected chi connectivity index (χ3v) is 2.28. The third-order valence-electron chi connectivity index (χ3n) is 2.28. The van der Waals surface area contributed by atoms with Gasteiger partial charge in [0, 0.05) is 6.20 Å². The molecule has 16 heavy (non-hydrogen) atoms. The number of nitrogens with zero attached hydrogens (tertiary/aromatic N) is 3. The fourth-order valence-electron chi connectivity index (χ4n) is 1.39. The van der Waals surface area contributed by atoms with E-state index >= 15 is 0 Å². The van der Waals surface area contributed by atoms with Crippen molar-refractivity contribution in [2.24, 2.45) is 0 Å². The van der Waals surface area contributed by atoms with Crippen molar-refractivity contribution >= 4 is 5.97 Å². The van der Waals surface area contributed by atoms with Gasteiger partial charge in [0.05, 0.1) is 36.9 Å². The van der Waals surface area contributed by atoms with Crippen molar-refractivity contribution < 1.29 is 9.53 Å². The van der Waals surface area contributed by atoms with E-state index in [0.717, 1.165) is 6.42 Å². The van der Waals surface area contributed by atoms with Gasteiger partial charge in [-0.2, -0.15) is 10.4 Å². The minimum Gasteiger partial charge on any atom is -0.462 e.